The number of carbonyl (C=O) groups is 2. The van der Waals surface area contributed by atoms with E-state index in [1.54, 1.807) is 12.1 Å². The zero-order valence-corrected chi connectivity index (χ0v) is 21.9. The van der Waals surface area contributed by atoms with Crippen molar-refractivity contribution in [2.24, 2.45) is 0 Å². The number of carboxylic acid groups (broad SMARTS) is 1. The van der Waals surface area contributed by atoms with E-state index in [0.717, 1.165) is 19.3 Å². The van der Waals surface area contributed by atoms with Gasteiger partial charge in [0.15, 0.2) is 0 Å². The Labute approximate surface area is 225 Å². The topological polar surface area (TPSA) is 107 Å². The third-order valence-corrected chi connectivity index (χ3v) is 7.32. The van der Waals surface area contributed by atoms with Gasteiger partial charge in [0.2, 0.25) is 0 Å². The predicted molar refractivity (Wildman–Crippen MR) is 149 cm³/mol. The summed E-state index contributed by atoms with van der Waals surface area (Å²) in [6.07, 6.45) is 7.10. The Morgan fingerprint density at radius 3 is 2.58 bits per heavy atom. The molecule has 7 heteroatoms. The number of carbonyl (C=O) groups excluding carboxylic acids is 1. The quantitative estimate of drug-likeness (QED) is 0.346. The molecule has 0 spiro atoms. The molecule has 204 valence electrons. The van der Waals surface area contributed by atoms with E-state index in [0.29, 0.717) is 34.5 Å². The van der Waals surface area contributed by atoms with E-state index >= 15 is 0 Å². The first-order valence-corrected chi connectivity index (χ1v) is 12.7. The Morgan fingerprint density at radius 2 is 1.89 bits per heavy atom. The number of aromatic carboxylic acids is 1. The molecule has 0 aromatic heterocycles. The van der Waals surface area contributed by atoms with E-state index in [2.05, 4.69) is 32.9 Å². The molecule has 0 radical (unpaired) electrons. The van der Waals surface area contributed by atoms with Gasteiger partial charge in [-0.3, -0.25) is 4.79 Å². The summed E-state index contributed by atoms with van der Waals surface area (Å²) in [6.45, 7) is 8.35. The maximum Gasteiger partial charge on any atom is 0.335 e. The number of hydrogen-bond donors (Lipinski definition) is 3. The summed E-state index contributed by atoms with van der Waals surface area (Å²) in [5.41, 5.74) is 3.71. The second kappa shape index (κ2) is 11.4. The third-order valence-electron chi connectivity index (χ3n) is 7.32. The number of ether oxygens (including phenoxy) is 1. The van der Waals surface area contributed by atoms with Gasteiger partial charge in [-0.15, -0.1) is 0 Å². The van der Waals surface area contributed by atoms with Crippen molar-refractivity contribution >= 4 is 17.6 Å². The minimum absolute atomic E-state index is 0. The zero-order valence-electron chi connectivity index (χ0n) is 21.9. The highest BCUT2D eigenvalue weighted by molar-refractivity contribution is 6.11. The Hall–Kier alpha value is -3.58. The number of amides is 1. The number of carboxylic acids is 1. The molecule has 2 aromatic rings. The van der Waals surface area contributed by atoms with Gasteiger partial charge in [-0.2, -0.15) is 0 Å². The summed E-state index contributed by atoms with van der Waals surface area (Å²) in [6, 6.07) is 7.64. The van der Waals surface area contributed by atoms with Crippen LogP contribution in [0, 0.1) is 0 Å². The van der Waals surface area contributed by atoms with Crippen molar-refractivity contribution in [3.63, 3.8) is 0 Å². The van der Waals surface area contributed by atoms with Crippen molar-refractivity contribution in [2.75, 3.05) is 4.90 Å². The molecule has 0 bridgehead atoms. The van der Waals surface area contributed by atoms with Crippen molar-refractivity contribution in [3.8, 4) is 11.5 Å². The van der Waals surface area contributed by atoms with Crippen molar-refractivity contribution < 1.29 is 29.6 Å². The Kier molecular flexibility index (Phi) is 8.72. The number of hydrogen-bond acceptors (Lipinski definition) is 5. The first-order valence-electron chi connectivity index (χ1n) is 12.7. The van der Waals surface area contributed by atoms with Gasteiger partial charge in [0, 0.05) is 23.2 Å². The fourth-order valence-corrected chi connectivity index (χ4v) is 5.01. The SMILES string of the molecule is C.CC(C)=CCC/C(C)=C/CC[C@]1(C)Oc2c(c(O)cc3c2CN(c2cccc(C(=O)O)c2)C3=O)C[C@@H]1O. The van der Waals surface area contributed by atoms with Crippen LogP contribution in [0.4, 0.5) is 5.69 Å². The molecule has 0 aliphatic carbocycles. The molecule has 2 aliphatic rings. The number of anilines is 1. The molecule has 1 amide bonds. The van der Waals surface area contributed by atoms with E-state index in [9.17, 15) is 24.9 Å². The Balaban J connectivity index is 0.00000400. The van der Waals surface area contributed by atoms with Crippen LogP contribution in [0.5, 0.6) is 11.5 Å². The normalized spacial score (nSPS) is 20.2. The van der Waals surface area contributed by atoms with E-state index in [4.69, 9.17) is 4.74 Å². The number of aromatic hydroxyl groups is 1. The summed E-state index contributed by atoms with van der Waals surface area (Å²) < 4.78 is 6.42. The smallest absolute Gasteiger partial charge is 0.335 e. The molecule has 0 saturated carbocycles. The first-order chi connectivity index (χ1) is 17.5. The van der Waals surface area contributed by atoms with Gasteiger partial charge in [-0.1, -0.05) is 36.8 Å². The maximum atomic E-state index is 13.3. The third kappa shape index (κ3) is 5.78. The van der Waals surface area contributed by atoms with Gasteiger partial charge < -0.3 is 25.0 Å². The second-order valence-electron chi connectivity index (χ2n) is 10.5. The molecule has 2 atom stereocenters. The van der Waals surface area contributed by atoms with E-state index in [-0.39, 0.29) is 37.6 Å². The van der Waals surface area contributed by atoms with Gasteiger partial charge in [-0.25, -0.2) is 4.79 Å². The molecule has 2 aliphatic heterocycles. The number of phenols is 1. The van der Waals surface area contributed by atoms with Crippen molar-refractivity contribution in [3.05, 3.63) is 75.9 Å². The van der Waals surface area contributed by atoms with Crippen LogP contribution in [-0.4, -0.2) is 38.9 Å². The molecule has 38 heavy (non-hydrogen) atoms. The summed E-state index contributed by atoms with van der Waals surface area (Å²) >= 11 is 0. The molecule has 2 aromatic carbocycles. The average molecular weight is 522 g/mol. The van der Waals surface area contributed by atoms with Crippen LogP contribution < -0.4 is 9.64 Å². The largest absolute Gasteiger partial charge is 0.508 e. The fourth-order valence-electron chi connectivity index (χ4n) is 5.01. The van der Waals surface area contributed by atoms with Crippen LogP contribution in [0.1, 0.15) is 92.6 Å². The zero-order chi connectivity index (χ0) is 26.9. The van der Waals surface area contributed by atoms with E-state index < -0.39 is 17.7 Å². The fraction of sp³-hybridized carbons (Fsp3) is 0.419. The molecule has 2 heterocycles. The number of allylic oxidation sites excluding steroid dienone is 4. The maximum absolute atomic E-state index is 13.3. The summed E-state index contributed by atoms with van der Waals surface area (Å²) in [4.78, 5) is 26.2. The van der Waals surface area contributed by atoms with E-state index in [1.165, 1.54) is 34.2 Å². The van der Waals surface area contributed by atoms with Crippen LogP contribution >= 0.6 is 0 Å². The van der Waals surface area contributed by atoms with Crippen LogP contribution in [0.15, 0.2) is 53.6 Å². The number of phenolic OH excluding ortho intramolecular Hbond substituents is 1. The van der Waals surface area contributed by atoms with Crippen LogP contribution in [0.25, 0.3) is 0 Å². The molecule has 3 N–H and O–H groups in total. The van der Waals surface area contributed by atoms with Crippen molar-refractivity contribution in [1.29, 1.82) is 0 Å². The number of benzene rings is 2. The standard InChI is InChI=1S/C30H35NO6.CH4/c1-18(2)8-5-9-19(3)10-7-13-30(4)26(33)16-23-25(32)15-22-24(27(23)37-30)17-31(28(22)34)21-12-6-11-20(14-21)29(35)36;/h6,8,10-12,14-15,26,32-33H,5,7,9,13,16-17H2,1-4H3,(H,35,36);1H4/b19-10+;/t26-,30-;/m0./s1. The highest BCUT2D eigenvalue weighted by Crippen LogP contribution is 2.47. The van der Waals surface area contributed by atoms with Crippen LogP contribution in [-0.2, 0) is 13.0 Å². The summed E-state index contributed by atoms with van der Waals surface area (Å²) in [5, 5.41) is 31.1. The molecule has 0 saturated heterocycles. The van der Waals surface area contributed by atoms with Crippen molar-refractivity contribution in [2.45, 2.75) is 85.5 Å². The Morgan fingerprint density at radius 1 is 1.16 bits per heavy atom. The predicted octanol–water partition coefficient (Wildman–Crippen LogP) is 6.41. The summed E-state index contributed by atoms with van der Waals surface area (Å²) in [7, 11) is 0. The molecular formula is C31H39NO6. The number of rotatable bonds is 8. The van der Waals surface area contributed by atoms with Crippen LogP contribution in [0.2, 0.25) is 0 Å². The summed E-state index contributed by atoms with van der Waals surface area (Å²) in [5.74, 6) is -1.05. The van der Waals surface area contributed by atoms with Crippen LogP contribution in [0.3, 0.4) is 0 Å². The van der Waals surface area contributed by atoms with Gasteiger partial charge in [-0.05, 0) is 77.6 Å². The first kappa shape index (κ1) is 29.0. The van der Waals surface area contributed by atoms with Crippen molar-refractivity contribution in [1.82, 2.24) is 0 Å². The molecule has 4 rings (SSSR count). The minimum atomic E-state index is -1.07. The van der Waals surface area contributed by atoms with Gasteiger partial charge in [0.05, 0.1) is 23.8 Å². The lowest BCUT2D eigenvalue weighted by Gasteiger charge is -2.40. The van der Waals surface area contributed by atoms with Gasteiger partial charge in [0.25, 0.3) is 5.91 Å². The highest BCUT2D eigenvalue weighted by Gasteiger charge is 2.44. The molecule has 0 fully saturated rings. The van der Waals surface area contributed by atoms with Gasteiger partial charge >= 0.3 is 5.97 Å². The number of nitrogens with zero attached hydrogens (tertiary/aromatic N) is 1. The number of aliphatic hydroxyl groups excluding tert-OH is 1. The van der Waals surface area contributed by atoms with E-state index in [1.807, 2.05) is 6.92 Å². The molecular weight excluding hydrogens is 482 g/mol. The average Bonchev–Trinajstić information content (AvgIpc) is 3.16. The highest BCUT2D eigenvalue weighted by atomic mass is 16.5. The lowest BCUT2D eigenvalue weighted by Crippen LogP contribution is -2.49. The lowest BCUT2D eigenvalue weighted by molar-refractivity contribution is -0.0597. The second-order valence-corrected chi connectivity index (χ2v) is 10.5. The van der Waals surface area contributed by atoms with Gasteiger partial charge in [0.1, 0.15) is 17.1 Å². The molecule has 7 nitrogen and oxygen atoms in total. The Bertz CT molecular complexity index is 1290. The molecule has 0 unspecified atom stereocenters. The monoisotopic (exact) mass is 521 g/mol. The number of aliphatic hydroxyl groups is 1. The number of fused-ring (bicyclic) bond motifs is 3. The minimum Gasteiger partial charge on any atom is -0.508 e. The lowest BCUT2D eigenvalue weighted by atomic mass is 9.84.